The SMILES string of the molecule is C=CCCCCCN(CCC(=O)O)c1ccccc1C. The Hall–Kier alpha value is -1.77. The van der Waals surface area contributed by atoms with Crippen LogP contribution < -0.4 is 4.90 Å². The normalized spacial score (nSPS) is 10.2. The van der Waals surface area contributed by atoms with E-state index in [9.17, 15) is 4.79 Å². The number of aliphatic carboxylic acids is 1. The average Bonchev–Trinajstić information content (AvgIpc) is 2.43. The second kappa shape index (κ2) is 9.18. The molecule has 0 saturated heterocycles. The number of carbonyl (C=O) groups is 1. The van der Waals surface area contributed by atoms with E-state index in [1.54, 1.807) is 0 Å². The van der Waals surface area contributed by atoms with Gasteiger partial charge in [-0.05, 0) is 37.8 Å². The van der Waals surface area contributed by atoms with Crippen LogP contribution in [0.3, 0.4) is 0 Å². The number of unbranched alkanes of at least 4 members (excludes halogenated alkanes) is 3. The minimum absolute atomic E-state index is 0.182. The van der Waals surface area contributed by atoms with E-state index in [0.717, 1.165) is 37.9 Å². The third-order valence-corrected chi connectivity index (χ3v) is 3.39. The highest BCUT2D eigenvalue weighted by molar-refractivity contribution is 5.68. The van der Waals surface area contributed by atoms with Gasteiger partial charge in [-0.25, -0.2) is 0 Å². The molecule has 0 unspecified atom stereocenters. The first-order valence-electron chi connectivity index (χ1n) is 7.28. The number of para-hydroxylation sites is 1. The summed E-state index contributed by atoms with van der Waals surface area (Å²) in [5.74, 6) is -0.741. The standard InChI is InChI=1S/C17H25NO2/c1-3-4-5-6-9-13-18(14-12-17(19)20)16-11-8-7-10-15(16)2/h3,7-8,10-11H,1,4-6,9,12-14H2,2H3,(H,19,20). The first-order chi connectivity index (χ1) is 9.65. The summed E-state index contributed by atoms with van der Waals surface area (Å²) in [6, 6.07) is 8.16. The van der Waals surface area contributed by atoms with E-state index in [4.69, 9.17) is 5.11 Å². The van der Waals surface area contributed by atoms with Crippen LogP contribution in [0.4, 0.5) is 5.69 Å². The number of hydrogen-bond donors (Lipinski definition) is 1. The summed E-state index contributed by atoms with van der Waals surface area (Å²) in [4.78, 5) is 13.0. The van der Waals surface area contributed by atoms with Gasteiger partial charge in [-0.2, -0.15) is 0 Å². The lowest BCUT2D eigenvalue weighted by Crippen LogP contribution is -2.28. The molecule has 0 aliphatic heterocycles. The fraction of sp³-hybridized carbons (Fsp3) is 0.471. The Labute approximate surface area is 121 Å². The molecule has 110 valence electrons. The van der Waals surface area contributed by atoms with E-state index < -0.39 is 5.97 Å². The molecule has 1 aromatic carbocycles. The van der Waals surface area contributed by atoms with Gasteiger partial charge in [0.15, 0.2) is 0 Å². The summed E-state index contributed by atoms with van der Waals surface area (Å²) in [6.45, 7) is 7.28. The van der Waals surface area contributed by atoms with E-state index in [2.05, 4.69) is 30.5 Å². The van der Waals surface area contributed by atoms with E-state index >= 15 is 0 Å². The molecule has 0 radical (unpaired) electrons. The number of aryl methyl sites for hydroxylation is 1. The molecule has 3 nitrogen and oxygen atoms in total. The number of benzene rings is 1. The molecule has 0 aromatic heterocycles. The van der Waals surface area contributed by atoms with Crippen molar-refractivity contribution >= 4 is 11.7 Å². The molecule has 1 aromatic rings. The van der Waals surface area contributed by atoms with Gasteiger partial charge in [-0.15, -0.1) is 6.58 Å². The molecule has 0 amide bonds. The summed E-state index contributed by atoms with van der Waals surface area (Å²) < 4.78 is 0. The van der Waals surface area contributed by atoms with Crippen molar-refractivity contribution in [2.24, 2.45) is 0 Å². The average molecular weight is 275 g/mol. The summed E-state index contributed by atoms with van der Waals surface area (Å²) in [6.07, 6.45) is 6.58. The summed E-state index contributed by atoms with van der Waals surface area (Å²) in [5, 5.41) is 8.88. The fourth-order valence-corrected chi connectivity index (χ4v) is 2.27. The van der Waals surface area contributed by atoms with Crippen LogP contribution in [0.25, 0.3) is 0 Å². The highest BCUT2D eigenvalue weighted by Crippen LogP contribution is 2.20. The molecule has 3 heteroatoms. The first kappa shape index (κ1) is 16.3. The molecule has 0 fully saturated rings. The Morgan fingerprint density at radius 3 is 2.65 bits per heavy atom. The van der Waals surface area contributed by atoms with Gasteiger partial charge in [-0.1, -0.05) is 30.7 Å². The molecule has 0 bridgehead atoms. The van der Waals surface area contributed by atoms with Crippen LogP contribution in [0.5, 0.6) is 0 Å². The fourth-order valence-electron chi connectivity index (χ4n) is 2.27. The zero-order chi connectivity index (χ0) is 14.8. The minimum atomic E-state index is -0.741. The van der Waals surface area contributed by atoms with E-state index in [1.807, 2.05) is 18.2 Å². The van der Waals surface area contributed by atoms with E-state index in [0.29, 0.717) is 6.54 Å². The monoisotopic (exact) mass is 275 g/mol. The van der Waals surface area contributed by atoms with Crippen molar-refractivity contribution in [3.8, 4) is 0 Å². The largest absolute Gasteiger partial charge is 0.481 e. The van der Waals surface area contributed by atoms with Crippen LogP contribution in [-0.4, -0.2) is 24.2 Å². The van der Waals surface area contributed by atoms with Crippen LogP contribution in [0.2, 0.25) is 0 Å². The number of nitrogens with zero attached hydrogens (tertiary/aromatic N) is 1. The Balaban J connectivity index is 2.58. The van der Waals surface area contributed by atoms with Crippen LogP contribution in [-0.2, 0) is 4.79 Å². The zero-order valence-corrected chi connectivity index (χ0v) is 12.3. The minimum Gasteiger partial charge on any atom is -0.481 e. The Morgan fingerprint density at radius 1 is 1.25 bits per heavy atom. The number of allylic oxidation sites excluding steroid dienone is 1. The third kappa shape index (κ3) is 5.91. The van der Waals surface area contributed by atoms with Crippen molar-refractivity contribution in [3.05, 3.63) is 42.5 Å². The number of carboxylic acids is 1. The van der Waals surface area contributed by atoms with Gasteiger partial charge in [0.25, 0.3) is 0 Å². The van der Waals surface area contributed by atoms with Crippen LogP contribution in [0, 0.1) is 6.92 Å². The maximum atomic E-state index is 10.8. The van der Waals surface area contributed by atoms with Crippen LogP contribution in [0.15, 0.2) is 36.9 Å². The lowest BCUT2D eigenvalue weighted by Gasteiger charge is -2.26. The van der Waals surface area contributed by atoms with Gasteiger partial charge < -0.3 is 10.0 Å². The molecule has 0 aliphatic rings. The highest BCUT2D eigenvalue weighted by atomic mass is 16.4. The number of rotatable bonds is 10. The molecule has 20 heavy (non-hydrogen) atoms. The smallest absolute Gasteiger partial charge is 0.305 e. The quantitative estimate of drug-likeness (QED) is 0.518. The maximum Gasteiger partial charge on any atom is 0.305 e. The van der Waals surface area contributed by atoms with Crippen molar-refractivity contribution < 1.29 is 9.90 Å². The molecule has 0 atom stereocenters. The van der Waals surface area contributed by atoms with Crippen molar-refractivity contribution in [2.75, 3.05) is 18.0 Å². The molecular weight excluding hydrogens is 250 g/mol. The molecule has 1 N–H and O–H groups in total. The second-order valence-electron chi connectivity index (χ2n) is 5.06. The van der Waals surface area contributed by atoms with Gasteiger partial charge in [-0.3, -0.25) is 4.79 Å². The molecule has 0 aliphatic carbocycles. The van der Waals surface area contributed by atoms with E-state index in [1.165, 1.54) is 5.56 Å². The second-order valence-corrected chi connectivity index (χ2v) is 5.06. The van der Waals surface area contributed by atoms with Gasteiger partial charge in [0.2, 0.25) is 0 Å². The van der Waals surface area contributed by atoms with Crippen molar-refractivity contribution in [1.82, 2.24) is 0 Å². The predicted molar refractivity (Wildman–Crippen MR) is 84.3 cm³/mol. The molecule has 0 heterocycles. The summed E-state index contributed by atoms with van der Waals surface area (Å²) in [7, 11) is 0. The lowest BCUT2D eigenvalue weighted by atomic mass is 10.1. The first-order valence-corrected chi connectivity index (χ1v) is 7.28. The van der Waals surface area contributed by atoms with Gasteiger partial charge in [0.05, 0.1) is 6.42 Å². The van der Waals surface area contributed by atoms with Crippen molar-refractivity contribution in [1.29, 1.82) is 0 Å². The predicted octanol–water partition coefficient (Wildman–Crippen LogP) is 4.02. The maximum absolute atomic E-state index is 10.8. The lowest BCUT2D eigenvalue weighted by molar-refractivity contribution is -0.136. The highest BCUT2D eigenvalue weighted by Gasteiger charge is 2.10. The molecule has 0 saturated carbocycles. The molecule has 1 rings (SSSR count). The Kier molecular flexibility index (Phi) is 7.48. The van der Waals surface area contributed by atoms with E-state index in [-0.39, 0.29) is 6.42 Å². The van der Waals surface area contributed by atoms with Gasteiger partial charge >= 0.3 is 5.97 Å². The summed E-state index contributed by atoms with van der Waals surface area (Å²) in [5.41, 5.74) is 2.35. The van der Waals surface area contributed by atoms with Gasteiger partial charge in [0.1, 0.15) is 0 Å². The number of hydrogen-bond acceptors (Lipinski definition) is 2. The number of anilines is 1. The summed E-state index contributed by atoms with van der Waals surface area (Å²) >= 11 is 0. The zero-order valence-electron chi connectivity index (χ0n) is 12.3. The third-order valence-electron chi connectivity index (χ3n) is 3.39. The molecular formula is C17H25NO2. The Morgan fingerprint density at radius 2 is 2.00 bits per heavy atom. The topological polar surface area (TPSA) is 40.5 Å². The van der Waals surface area contributed by atoms with Crippen molar-refractivity contribution in [3.63, 3.8) is 0 Å². The Bertz CT molecular complexity index is 429. The van der Waals surface area contributed by atoms with Crippen LogP contribution in [0.1, 0.15) is 37.7 Å². The molecule has 0 spiro atoms. The number of carboxylic acid groups (broad SMARTS) is 1. The van der Waals surface area contributed by atoms with Crippen LogP contribution >= 0.6 is 0 Å². The van der Waals surface area contributed by atoms with Crippen molar-refractivity contribution in [2.45, 2.75) is 39.0 Å². The van der Waals surface area contributed by atoms with Gasteiger partial charge in [0, 0.05) is 18.8 Å².